The van der Waals surface area contributed by atoms with Gasteiger partial charge in [-0.2, -0.15) is 0 Å². The summed E-state index contributed by atoms with van der Waals surface area (Å²) in [5.41, 5.74) is 0.473. The van der Waals surface area contributed by atoms with Gasteiger partial charge in [0, 0.05) is 44.4 Å². The lowest BCUT2D eigenvalue weighted by Crippen LogP contribution is -2.58. The van der Waals surface area contributed by atoms with Crippen molar-refractivity contribution in [2.45, 2.75) is 50.7 Å². The van der Waals surface area contributed by atoms with E-state index in [1.165, 1.54) is 12.8 Å². The number of amides is 2. The lowest BCUT2D eigenvalue weighted by molar-refractivity contribution is -0.129. The molecule has 3 aliphatic rings. The maximum absolute atomic E-state index is 13.2. The highest BCUT2D eigenvalue weighted by Crippen LogP contribution is 2.31. The molecule has 8 heteroatoms. The molecule has 170 valence electrons. The van der Waals surface area contributed by atoms with E-state index in [4.69, 9.17) is 27.9 Å². The molecule has 2 aliphatic heterocycles. The Morgan fingerprint density at radius 1 is 1.06 bits per heavy atom. The molecule has 1 aliphatic carbocycles. The molecule has 0 bridgehead atoms. The zero-order valence-electron chi connectivity index (χ0n) is 17.8. The highest BCUT2D eigenvalue weighted by molar-refractivity contribution is 6.36. The van der Waals surface area contributed by atoms with E-state index < -0.39 is 0 Å². The average molecular weight is 468 g/mol. The van der Waals surface area contributed by atoms with Gasteiger partial charge in [0.15, 0.2) is 0 Å². The van der Waals surface area contributed by atoms with Gasteiger partial charge in [0.2, 0.25) is 5.91 Å². The maximum Gasteiger partial charge on any atom is 0.255 e. The van der Waals surface area contributed by atoms with Crippen LogP contribution in [-0.4, -0.2) is 73.1 Å². The standard InChI is InChI=1S/C23H31Cl2N3O3/c24-17-7-8-19(20(25)14-17)23(30)28-11-9-27(10-12-28)21(16-4-1-2-5-16)22(29)26-15-18-6-3-13-31-18/h7-8,14,16,18,21H,1-6,9-13,15H2,(H,26,29)/t18-,21-/m1/s1. The summed E-state index contributed by atoms with van der Waals surface area (Å²) in [4.78, 5) is 30.2. The topological polar surface area (TPSA) is 61.9 Å². The van der Waals surface area contributed by atoms with Gasteiger partial charge in [-0.25, -0.2) is 0 Å². The molecular formula is C23H31Cl2N3O3. The van der Waals surface area contributed by atoms with Crippen LogP contribution >= 0.6 is 23.2 Å². The smallest absolute Gasteiger partial charge is 0.255 e. The summed E-state index contributed by atoms with van der Waals surface area (Å²) in [5, 5.41) is 4.04. The van der Waals surface area contributed by atoms with Crippen LogP contribution in [0.4, 0.5) is 0 Å². The molecule has 1 aromatic carbocycles. The van der Waals surface area contributed by atoms with Gasteiger partial charge < -0.3 is 15.0 Å². The summed E-state index contributed by atoms with van der Waals surface area (Å²) in [6.07, 6.45) is 6.80. The number of nitrogens with one attached hydrogen (secondary N) is 1. The Bertz CT molecular complexity index is 786. The lowest BCUT2D eigenvalue weighted by atomic mass is 9.94. The molecule has 3 fully saturated rings. The van der Waals surface area contributed by atoms with E-state index in [-0.39, 0.29) is 24.0 Å². The summed E-state index contributed by atoms with van der Waals surface area (Å²) >= 11 is 12.2. The second kappa shape index (κ2) is 10.5. The molecule has 0 unspecified atom stereocenters. The van der Waals surface area contributed by atoms with E-state index in [1.807, 2.05) is 4.90 Å². The number of ether oxygens (including phenoxy) is 1. The molecular weight excluding hydrogens is 437 g/mol. The number of rotatable bonds is 6. The van der Waals surface area contributed by atoms with Crippen LogP contribution < -0.4 is 5.32 Å². The zero-order valence-corrected chi connectivity index (χ0v) is 19.3. The summed E-state index contributed by atoms with van der Waals surface area (Å²) in [6, 6.07) is 4.84. The first-order valence-electron chi connectivity index (χ1n) is 11.4. The zero-order chi connectivity index (χ0) is 21.8. The Hall–Kier alpha value is -1.34. The Morgan fingerprint density at radius 2 is 1.81 bits per heavy atom. The summed E-state index contributed by atoms with van der Waals surface area (Å²) in [7, 11) is 0. The van der Waals surface area contributed by atoms with E-state index in [1.54, 1.807) is 18.2 Å². The number of benzene rings is 1. The van der Waals surface area contributed by atoms with Gasteiger partial charge in [0.05, 0.1) is 22.7 Å². The molecule has 1 aromatic rings. The van der Waals surface area contributed by atoms with E-state index in [0.29, 0.717) is 54.3 Å². The predicted molar refractivity (Wildman–Crippen MR) is 122 cm³/mol. The molecule has 31 heavy (non-hydrogen) atoms. The number of nitrogens with zero attached hydrogens (tertiary/aromatic N) is 2. The summed E-state index contributed by atoms with van der Waals surface area (Å²) in [5.74, 6) is 0.418. The number of piperazine rings is 1. The van der Waals surface area contributed by atoms with Crippen molar-refractivity contribution in [3.63, 3.8) is 0 Å². The fraction of sp³-hybridized carbons (Fsp3) is 0.652. The average Bonchev–Trinajstić information content (AvgIpc) is 3.47. The van der Waals surface area contributed by atoms with Gasteiger partial charge in [-0.05, 0) is 49.8 Å². The number of halogens is 2. The Labute approximate surface area is 194 Å². The van der Waals surface area contributed by atoms with Gasteiger partial charge in [-0.1, -0.05) is 36.0 Å². The van der Waals surface area contributed by atoms with Crippen LogP contribution in [0.5, 0.6) is 0 Å². The third-order valence-electron chi connectivity index (χ3n) is 6.80. The van der Waals surface area contributed by atoms with Crippen LogP contribution in [0, 0.1) is 5.92 Å². The maximum atomic E-state index is 13.2. The van der Waals surface area contributed by atoms with E-state index in [0.717, 1.165) is 32.3 Å². The van der Waals surface area contributed by atoms with Crippen LogP contribution in [0.2, 0.25) is 10.0 Å². The number of carbonyl (C=O) groups excluding carboxylic acids is 2. The molecule has 4 rings (SSSR count). The molecule has 0 radical (unpaired) electrons. The normalized spacial score (nSPS) is 23.8. The first kappa shape index (κ1) is 22.8. The Kier molecular flexibility index (Phi) is 7.75. The monoisotopic (exact) mass is 467 g/mol. The minimum absolute atomic E-state index is 0.0819. The van der Waals surface area contributed by atoms with Crippen LogP contribution in [0.3, 0.4) is 0 Å². The van der Waals surface area contributed by atoms with E-state index in [9.17, 15) is 9.59 Å². The molecule has 2 saturated heterocycles. The van der Waals surface area contributed by atoms with Crippen LogP contribution in [-0.2, 0) is 9.53 Å². The van der Waals surface area contributed by atoms with Crippen molar-refractivity contribution in [2.75, 3.05) is 39.3 Å². The van der Waals surface area contributed by atoms with Crippen LogP contribution in [0.15, 0.2) is 18.2 Å². The van der Waals surface area contributed by atoms with Gasteiger partial charge in [-0.15, -0.1) is 0 Å². The minimum atomic E-state index is -0.125. The Morgan fingerprint density at radius 3 is 2.45 bits per heavy atom. The molecule has 1 saturated carbocycles. The van der Waals surface area contributed by atoms with Crippen LogP contribution in [0.1, 0.15) is 48.9 Å². The number of hydrogen-bond acceptors (Lipinski definition) is 4. The predicted octanol–water partition coefficient (Wildman–Crippen LogP) is 3.61. The largest absolute Gasteiger partial charge is 0.376 e. The van der Waals surface area contributed by atoms with Crippen molar-refractivity contribution in [1.82, 2.24) is 15.1 Å². The van der Waals surface area contributed by atoms with Gasteiger partial charge >= 0.3 is 0 Å². The van der Waals surface area contributed by atoms with Gasteiger partial charge in [-0.3, -0.25) is 14.5 Å². The van der Waals surface area contributed by atoms with Crippen molar-refractivity contribution in [2.24, 2.45) is 5.92 Å². The SMILES string of the molecule is O=C(NC[C@H]1CCCO1)[C@@H](C1CCCC1)N1CCN(C(=O)c2ccc(Cl)cc2Cl)CC1. The van der Waals surface area contributed by atoms with Crippen molar-refractivity contribution in [3.05, 3.63) is 33.8 Å². The van der Waals surface area contributed by atoms with Crippen molar-refractivity contribution in [1.29, 1.82) is 0 Å². The highest BCUT2D eigenvalue weighted by Gasteiger charge is 2.37. The molecule has 2 heterocycles. The lowest BCUT2D eigenvalue weighted by Gasteiger charge is -2.41. The third kappa shape index (κ3) is 5.54. The van der Waals surface area contributed by atoms with E-state index >= 15 is 0 Å². The molecule has 6 nitrogen and oxygen atoms in total. The highest BCUT2D eigenvalue weighted by atomic mass is 35.5. The molecule has 1 N–H and O–H groups in total. The molecule has 2 atom stereocenters. The van der Waals surface area contributed by atoms with Crippen molar-refractivity contribution >= 4 is 35.0 Å². The first-order chi connectivity index (χ1) is 15.0. The minimum Gasteiger partial charge on any atom is -0.376 e. The Balaban J connectivity index is 1.37. The molecule has 0 spiro atoms. The van der Waals surface area contributed by atoms with Gasteiger partial charge in [0.1, 0.15) is 0 Å². The second-order valence-corrected chi connectivity index (χ2v) is 9.67. The fourth-order valence-electron chi connectivity index (χ4n) is 5.11. The van der Waals surface area contributed by atoms with Gasteiger partial charge in [0.25, 0.3) is 5.91 Å². The summed E-state index contributed by atoms with van der Waals surface area (Å²) in [6.45, 7) is 3.92. The number of carbonyl (C=O) groups is 2. The third-order valence-corrected chi connectivity index (χ3v) is 7.35. The number of hydrogen-bond donors (Lipinski definition) is 1. The molecule has 0 aromatic heterocycles. The van der Waals surface area contributed by atoms with Crippen molar-refractivity contribution < 1.29 is 14.3 Å². The fourth-order valence-corrected chi connectivity index (χ4v) is 5.60. The molecule has 2 amide bonds. The van der Waals surface area contributed by atoms with Crippen molar-refractivity contribution in [3.8, 4) is 0 Å². The quantitative estimate of drug-likeness (QED) is 0.693. The first-order valence-corrected chi connectivity index (χ1v) is 12.2. The summed E-state index contributed by atoms with van der Waals surface area (Å²) < 4.78 is 5.66. The van der Waals surface area contributed by atoms with E-state index in [2.05, 4.69) is 10.2 Å². The second-order valence-electron chi connectivity index (χ2n) is 8.82. The van der Waals surface area contributed by atoms with Crippen LogP contribution in [0.25, 0.3) is 0 Å².